The Balaban J connectivity index is 1.69. The van der Waals surface area contributed by atoms with E-state index in [0.717, 1.165) is 17.2 Å². The van der Waals surface area contributed by atoms with Crippen molar-refractivity contribution in [2.45, 2.75) is 32.2 Å². The van der Waals surface area contributed by atoms with E-state index in [-0.39, 0.29) is 12.1 Å². The van der Waals surface area contributed by atoms with E-state index in [0.29, 0.717) is 29.0 Å². The van der Waals surface area contributed by atoms with Gasteiger partial charge in [-0.3, -0.25) is 4.79 Å². The molecule has 10 heteroatoms. The number of carbonyl (C=O) groups is 2. The van der Waals surface area contributed by atoms with Crippen LogP contribution in [0.2, 0.25) is 0 Å². The van der Waals surface area contributed by atoms with Gasteiger partial charge in [0.2, 0.25) is 0 Å². The average Bonchev–Trinajstić information content (AvgIpc) is 2.85. The van der Waals surface area contributed by atoms with Crippen LogP contribution in [-0.4, -0.2) is 24.3 Å². The molecule has 0 aromatic heterocycles. The zero-order valence-electron chi connectivity index (χ0n) is 19.4. The summed E-state index contributed by atoms with van der Waals surface area (Å²) in [6.45, 7) is 1.09. The van der Waals surface area contributed by atoms with Gasteiger partial charge in [-0.15, -0.1) is 0 Å². The number of hydrogen-bond acceptors (Lipinski definition) is 4. The second-order valence-corrected chi connectivity index (χ2v) is 7.95. The highest BCUT2D eigenvalue weighted by Crippen LogP contribution is 2.32. The Morgan fingerprint density at radius 3 is 2.42 bits per heavy atom. The van der Waals surface area contributed by atoms with Crippen molar-refractivity contribution in [3.8, 4) is 16.9 Å². The summed E-state index contributed by atoms with van der Waals surface area (Å²) in [6.07, 6.45) is -5.76. The molecule has 0 spiro atoms. The maximum atomic E-state index is 13.4. The summed E-state index contributed by atoms with van der Waals surface area (Å²) < 4.78 is 62.3. The van der Waals surface area contributed by atoms with Gasteiger partial charge in [-0.05, 0) is 53.4 Å². The molecule has 6 nitrogen and oxygen atoms in total. The first kappa shape index (κ1) is 26.5. The van der Waals surface area contributed by atoms with Crippen molar-refractivity contribution in [2.24, 2.45) is 0 Å². The predicted molar refractivity (Wildman–Crippen MR) is 123 cm³/mol. The van der Waals surface area contributed by atoms with Gasteiger partial charge in [-0.1, -0.05) is 36.4 Å². The van der Waals surface area contributed by atoms with Crippen molar-refractivity contribution in [3.63, 3.8) is 0 Å². The number of hydrogen-bond donors (Lipinski definition) is 2. The van der Waals surface area contributed by atoms with Gasteiger partial charge in [0.15, 0.2) is 0 Å². The Bertz CT molecular complexity index is 1260. The zero-order valence-corrected chi connectivity index (χ0v) is 19.4. The molecule has 190 valence electrons. The third-order valence-electron chi connectivity index (χ3n) is 5.50. The Morgan fingerprint density at radius 1 is 1.03 bits per heavy atom. The number of benzene rings is 3. The number of halogens is 4. The zero-order chi connectivity index (χ0) is 26.5. The third-order valence-corrected chi connectivity index (χ3v) is 5.50. The normalized spacial score (nSPS) is 12.1. The second kappa shape index (κ2) is 11.1. The van der Waals surface area contributed by atoms with E-state index in [1.165, 1.54) is 7.11 Å². The van der Waals surface area contributed by atoms with Crippen LogP contribution in [0.15, 0.2) is 60.7 Å². The molecule has 0 radical (unpaired) electrons. The number of alkyl halides is 3. The molecule has 0 fully saturated rings. The standard InChI is InChI=1S/C26H23F4NO5/c1-15(24(32)33)17-4-3-5-18(11-17)19-7-9-23(35-2)20(12-19)13-31-25(34)36-14-16-6-8-22(27)21(10-16)26(28,29)30/h3-12,15H,13-14H2,1-2H3,(H,31,34)(H,32,33). The van der Waals surface area contributed by atoms with Crippen LogP contribution in [0, 0.1) is 5.82 Å². The van der Waals surface area contributed by atoms with Gasteiger partial charge in [-0.25, -0.2) is 9.18 Å². The summed E-state index contributed by atoms with van der Waals surface area (Å²) in [5.74, 6) is -2.57. The lowest BCUT2D eigenvalue weighted by molar-refractivity contribution is -0.140. The van der Waals surface area contributed by atoms with Crippen molar-refractivity contribution in [1.29, 1.82) is 0 Å². The van der Waals surface area contributed by atoms with E-state index in [4.69, 9.17) is 9.47 Å². The highest BCUT2D eigenvalue weighted by Gasteiger charge is 2.34. The molecule has 0 saturated heterocycles. The third kappa shape index (κ3) is 6.53. The first-order valence-corrected chi connectivity index (χ1v) is 10.8. The highest BCUT2D eigenvalue weighted by atomic mass is 19.4. The number of carboxylic acid groups (broad SMARTS) is 1. The monoisotopic (exact) mass is 505 g/mol. The fraction of sp³-hybridized carbons (Fsp3) is 0.231. The molecule has 1 amide bonds. The van der Waals surface area contributed by atoms with Crippen molar-refractivity contribution in [3.05, 3.63) is 88.7 Å². The summed E-state index contributed by atoms with van der Waals surface area (Å²) in [5, 5.41) is 11.8. The quantitative estimate of drug-likeness (QED) is 0.360. The molecule has 0 saturated carbocycles. The van der Waals surface area contributed by atoms with E-state index in [9.17, 15) is 32.3 Å². The number of ether oxygens (including phenoxy) is 2. The molecule has 0 bridgehead atoms. The summed E-state index contributed by atoms with van der Waals surface area (Å²) >= 11 is 0. The lowest BCUT2D eigenvalue weighted by atomic mass is 9.95. The molecule has 1 unspecified atom stereocenters. The summed E-state index contributed by atoms with van der Waals surface area (Å²) in [7, 11) is 1.46. The molecule has 0 aliphatic carbocycles. The Hall–Kier alpha value is -4.08. The van der Waals surface area contributed by atoms with Crippen LogP contribution in [-0.2, 0) is 28.9 Å². The van der Waals surface area contributed by atoms with Gasteiger partial charge in [-0.2, -0.15) is 13.2 Å². The molecular formula is C26H23F4NO5. The number of rotatable bonds is 8. The van der Waals surface area contributed by atoms with Crippen LogP contribution in [0.1, 0.15) is 35.1 Å². The Labute approximate surface area is 204 Å². The fourth-order valence-electron chi connectivity index (χ4n) is 3.47. The Morgan fingerprint density at radius 2 is 1.75 bits per heavy atom. The van der Waals surface area contributed by atoms with Crippen molar-refractivity contribution < 1.29 is 41.7 Å². The van der Waals surface area contributed by atoms with Crippen LogP contribution >= 0.6 is 0 Å². The van der Waals surface area contributed by atoms with Crippen LogP contribution in [0.3, 0.4) is 0 Å². The topological polar surface area (TPSA) is 84.9 Å². The largest absolute Gasteiger partial charge is 0.496 e. The molecule has 0 aliphatic rings. The van der Waals surface area contributed by atoms with E-state index in [1.54, 1.807) is 43.3 Å². The number of nitrogens with one attached hydrogen (secondary N) is 1. The van der Waals surface area contributed by atoms with Gasteiger partial charge in [0.1, 0.15) is 18.2 Å². The first-order valence-electron chi connectivity index (χ1n) is 10.8. The maximum absolute atomic E-state index is 13.4. The average molecular weight is 505 g/mol. The van der Waals surface area contributed by atoms with E-state index >= 15 is 0 Å². The fourth-order valence-corrected chi connectivity index (χ4v) is 3.47. The van der Waals surface area contributed by atoms with E-state index in [1.807, 2.05) is 6.07 Å². The molecule has 3 rings (SSSR count). The van der Waals surface area contributed by atoms with Gasteiger partial charge >= 0.3 is 18.2 Å². The van der Waals surface area contributed by atoms with Gasteiger partial charge in [0, 0.05) is 12.1 Å². The molecule has 3 aromatic rings. The van der Waals surface area contributed by atoms with E-state index in [2.05, 4.69) is 5.32 Å². The molecule has 2 N–H and O–H groups in total. The Kier molecular flexibility index (Phi) is 8.18. The molecule has 36 heavy (non-hydrogen) atoms. The molecular weight excluding hydrogens is 482 g/mol. The molecule has 1 atom stereocenters. The predicted octanol–water partition coefficient (Wildman–Crippen LogP) is 6.13. The van der Waals surface area contributed by atoms with E-state index < -0.39 is 42.1 Å². The SMILES string of the molecule is COc1ccc(-c2cccc(C(C)C(=O)O)c2)cc1CNC(=O)OCc1ccc(F)c(C(F)(F)F)c1. The van der Waals surface area contributed by atoms with Crippen LogP contribution in [0.25, 0.3) is 11.1 Å². The van der Waals surface area contributed by atoms with Crippen molar-refractivity contribution >= 4 is 12.1 Å². The van der Waals surface area contributed by atoms with Crippen molar-refractivity contribution in [1.82, 2.24) is 5.32 Å². The number of methoxy groups -OCH3 is 1. The number of amides is 1. The number of aliphatic carboxylic acids is 1. The smallest absolute Gasteiger partial charge is 0.419 e. The summed E-state index contributed by atoms with van der Waals surface area (Å²) in [5.41, 5.74) is 1.29. The molecule has 0 aliphatic heterocycles. The highest BCUT2D eigenvalue weighted by molar-refractivity contribution is 5.77. The minimum absolute atomic E-state index is 0.0156. The number of carbonyl (C=O) groups excluding carboxylic acids is 1. The van der Waals surface area contributed by atoms with Gasteiger partial charge in [0.05, 0.1) is 18.6 Å². The molecule has 0 heterocycles. The van der Waals surface area contributed by atoms with Crippen LogP contribution in [0.4, 0.5) is 22.4 Å². The van der Waals surface area contributed by atoms with Crippen LogP contribution in [0.5, 0.6) is 5.75 Å². The number of carboxylic acids is 1. The van der Waals surface area contributed by atoms with Gasteiger partial charge in [0.25, 0.3) is 0 Å². The maximum Gasteiger partial charge on any atom is 0.419 e. The summed E-state index contributed by atoms with van der Waals surface area (Å²) in [4.78, 5) is 23.5. The number of alkyl carbamates (subject to hydrolysis) is 1. The first-order chi connectivity index (χ1) is 17.0. The second-order valence-electron chi connectivity index (χ2n) is 7.95. The van der Waals surface area contributed by atoms with Gasteiger partial charge < -0.3 is 19.9 Å². The lowest BCUT2D eigenvalue weighted by Crippen LogP contribution is -2.24. The minimum Gasteiger partial charge on any atom is -0.496 e. The van der Waals surface area contributed by atoms with Crippen molar-refractivity contribution in [2.75, 3.05) is 7.11 Å². The molecule has 3 aromatic carbocycles. The summed E-state index contributed by atoms with van der Waals surface area (Å²) in [6, 6.07) is 14.7. The van der Waals surface area contributed by atoms with Crippen LogP contribution < -0.4 is 10.1 Å². The lowest BCUT2D eigenvalue weighted by Gasteiger charge is -2.14. The minimum atomic E-state index is -4.87.